The molecule has 2 saturated heterocycles. The van der Waals surface area contributed by atoms with Gasteiger partial charge in [-0.2, -0.15) is 0 Å². The molecule has 2 aromatic carbocycles. The van der Waals surface area contributed by atoms with E-state index in [0.29, 0.717) is 0 Å². The van der Waals surface area contributed by atoms with Crippen molar-refractivity contribution in [2.75, 3.05) is 13.2 Å². The molecule has 17 nitrogen and oxygen atoms in total. The van der Waals surface area contributed by atoms with E-state index in [1.54, 1.807) is 0 Å². The van der Waals surface area contributed by atoms with Gasteiger partial charge < -0.3 is 79.5 Å². The Labute approximate surface area is 246 Å². The van der Waals surface area contributed by atoms with E-state index < -0.39 is 120 Å². The second-order valence-corrected chi connectivity index (χ2v) is 10.3. The number of ether oxygens (including phenoxy) is 4. The number of hydrogen-bond donors (Lipinski definition) is 11. The number of rotatable bonds is 7. The van der Waals surface area contributed by atoms with Crippen molar-refractivity contribution in [1.29, 1.82) is 0 Å². The van der Waals surface area contributed by atoms with Crippen molar-refractivity contribution in [3.8, 4) is 40.1 Å². The van der Waals surface area contributed by atoms with E-state index in [4.69, 9.17) is 23.4 Å². The lowest BCUT2D eigenvalue weighted by molar-refractivity contribution is -0.352. The zero-order valence-electron chi connectivity index (χ0n) is 22.4. The smallest absolute Gasteiger partial charge is 0.239 e. The Morgan fingerprint density at radius 3 is 2.02 bits per heavy atom. The number of phenols is 4. The number of benzene rings is 2. The fourth-order valence-corrected chi connectivity index (χ4v) is 5.00. The summed E-state index contributed by atoms with van der Waals surface area (Å²) in [6.07, 6.45) is -17.7. The Bertz CT molecular complexity index is 1550. The Morgan fingerprint density at radius 1 is 0.705 bits per heavy atom. The summed E-state index contributed by atoms with van der Waals surface area (Å²) in [6.45, 7) is -1.67. The van der Waals surface area contributed by atoms with Crippen LogP contribution in [0.4, 0.5) is 0 Å². The van der Waals surface area contributed by atoms with Crippen LogP contribution in [0.25, 0.3) is 22.3 Å². The van der Waals surface area contributed by atoms with Crippen LogP contribution in [-0.4, -0.2) is 131 Å². The van der Waals surface area contributed by atoms with Crippen LogP contribution < -0.4 is 10.2 Å². The van der Waals surface area contributed by atoms with E-state index in [2.05, 4.69) is 0 Å². The van der Waals surface area contributed by atoms with Gasteiger partial charge in [-0.05, 0) is 18.2 Å². The molecular formula is C27H30O17. The minimum atomic E-state index is -2.04. The first-order chi connectivity index (χ1) is 20.9. The van der Waals surface area contributed by atoms with Gasteiger partial charge in [-0.3, -0.25) is 4.79 Å². The lowest BCUT2D eigenvalue weighted by Crippen LogP contribution is -2.65. The molecular weight excluding hydrogens is 596 g/mol. The van der Waals surface area contributed by atoms with Crippen LogP contribution >= 0.6 is 0 Å². The first-order valence-corrected chi connectivity index (χ1v) is 13.2. The van der Waals surface area contributed by atoms with E-state index in [9.17, 15) is 61.0 Å². The molecule has 0 amide bonds. The highest BCUT2D eigenvalue weighted by Gasteiger charge is 2.51. The van der Waals surface area contributed by atoms with Gasteiger partial charge in [0.2, 0.25) is 17.5 Å². The van der Waals surface area contributed by atoms with Gasteiger partial charge in [-0.25, -0.2) is 0 Å². The third-order valence-electron chi connectivity index (χ3n) is 7.35. The molecule has 0 aliphatic carbocycles. The molecule has 0 saturated carbocycles. The zero-order valence-corrected chi connectivity index (χ0v) is 22.4. The minimum Gasteiger partial charge on any atom is -0.508 e. The third-order valence-corrected chi connectivity index (χ3v) is 7.35. The highest BCUT2D eigenvalue weighted by Crippen LogP contribution is 2.39. The van der Waals surface area contributed by atoms with Crippen LogP contribution in [0.3, 0.4) is 0 Å². The number of fused-ring (bicyclic) bond motifs is 1. The van der Waals surface area contributed by atoms with Crippen molar-refractivity contribution >= 4 is 11.0 Å². The number of aliphatic hydroxyl groups is 7. The van der Waals surface area contributed by atoms with Gasteiger partial charge >= 0.3 is 0 Å². The Hall–Kier alpha value is -3.75. The summed E-state index contributed by atoms with van der Waals surface area (Å²) < 4.78 is 27.8. The van der Waals surface area contributed by atoms with Crippen LogP contribution in [0.15, 0.2) is 39.5 Å². The topological polar surface area (TPSA) is 290 Å². The summed E-state index contributed by atoms with van der Waals surface area (Å²) >= 11 is 0. The summed E-state index contributed by atoms with van der Waals surface area (Å²) in [5, 5.41) is 111. The molecule has 1 aromatic heterocycles. The molecule has 11 N–H and O–H groups in total. The molecule has 3 aromatic rings. The van der Waals surface area contributed by atoms with Gasteiger partial charge in [0, 0.05) is 17.7 Å². The lowest BCUT2D eigenvalue weighted by Gasteiger charge is -2.45. The van der Waals surface area contributed by atoms with Gasteiger partial charge in [-0.15, -0.1) is 0 Å². The van der Waals surface area contributed by atoms with Crippen LogP contribution in [-0.2, 0) is 14.2 Å². The summed E-state index contributed by atoms with van der Waals surface area (Å²) in [4.78, 5) is 13.6. The summed E-state index contributed by atoms with van der Waals surface area (Å²) in [5.41, 5.74) is -1.41. The first-order valence-electron chi connectivity index (χ1n) is 13.2. The number of hydrogen-bond acceptors (Lipinski definition) is 17. The second kappa shape index (κ2) is 12.3. The number of aliphatic hydroxyl groups excluding tert-OH is 7. The van der Waals surface area contributed by atoms with E-state index in [0.717, 1.165) is 24.3 Å². The maximum absolute atomic E-state index is 13.6. The molecule has 0 spiro atoms. The van der Waals surface area contributed by atoms with Crippen LogP contribution in [0.5, 0.6) is 28.7 Å². The molecule has 5 unspecified atom stereocenters. The minimum absolute atomic E-state index is 0.0504. The number of aromatic hydroxyl groups is 4. The van der Waals surface area contributed by atoms with Crippen molar-refractivity contribution in [3.05, 3.63) is 40.6 Å². The average Bonchev–Trinajstić information content (AvgIpc) is 2.98. The molecule has 0 radical (unpaired) electrons. The first kappa shape index (κ1) is 31.7. The maximum Gasteiger partial charge on any atom is 0.239 e. The fourth-order valence-electron chi connectivity index (χ4n) is 5.00. The van der Waals surface area contributed by atoms with Crippen molar-refractivity contribution < 1.29 is 79.5 Å². The van der Waals surface area contributed by atoms with Gasteiger partial charge in [0.15, 0.2) is 23.5 Å². The van der Waals surface area contributed by atoms with Crippen LogP contribution in [0.1, 0.15) is 0 Å². The Morgan fingerprint density at radius 2 is 1.36 bits per heavy atom. The summed E-state index contributed by atoms with van der Waals surface area (Å²) in [5.74, 6) is -3.44. The normalized spacial score (nSPS) is 32.5. The van der Waals surface area contributed by atoms with Gasteiger partial charge in [0.25, 0.3) is 0 Å². The predicted octanol–water partition coefficient (Wildman–Crippen LogP) is -2.71. The monoisotopic (exact) mass is 626 g/mol. The zero-order chi connectivity index (χ0) is 32.0. The van der Waals surface area contributed by atoms with Crippen molar-refractivity contribution in [2.24, 2.45) is 0 Å². The van der Waals surface area contributed by atoms with Crippen molar-refractivity contribution in [2.45, 2.75) is 61.4 Å². The summed E-state index contributed by atoms with van der Waals surface area (Å²) in [6, 6.07) is 5.17. The molecule has 3 heterocycles. The second-order valence-electron chi connectivity index (χ2n) is 10.3. The molecule has 17 heteroatoms. The Kier molecular flexibility index (Phi) is 8.87. The molecule has 2 fully saturated rings. The molecule has 5 rings (SSSR count). The van der Waals surface area contributed by atoms with Crippen LogP contribution in [0.2, 0.25) is 0 Å². The Balaban J connectivity index is 1.49. The molecule has 2 aliphatic heterocycles. The van der Waals surface area contributed by atoms with Gasteiger partial charge in [0.05, 0.1) is 13.2 Å². The SMILES string of the molecule is O=c1c(O[C@@H]2OC(CO)[C@H](O[C@@H]3OC(CO)[C@H](O)C(O)[C@H]3O)C(O)C2O)c(-c2ccc(O)c(O)c2)oc2cc(O)cc(O)c12. The largest absolute Gasteiger partial charge is 0.508 e. The van der Waals surface area contributed by atoms with E-state index >= 15 is 0 Å². The van der Waals surface area contributed by atoms with E-state index in [1.807, 2.05) is 0 Å². The number of phenolic OH excluding ortho intramolecular Hbond substituents is 4. The highest BCUT2D eigenvalue weighted by molar-refractivity contribution is 5.88. The molecule has 240 valence electrons. The van der Waals surface area contributed by atoms with Crippen LogP contribution in [0, 0.1) is 0 Å². The average molecular weight is 627 g/mol. The van der Waals surface area contributed by atoms with Gasteiger partial charge in [0.1, 0.15) is 71.3 Å². The quantitative estimate of drug-likeness (QED) is 0.119. The highest BCUT2D eigenvalue weighted by atomic mass is 16.7. The van der Waals surface area contributed by atoms with Crippen molar-refractivity contribution in [1.82, 2.24) is 0 Å². The maximum atomic E-state index is 13.6. The predicted molar refractivity (Wildman–Crippen MR) is 142 cm³/mol. The molecule has 0 bridgehead atoms. The van der Waals surface area contributed by atoms with Crippen molar-refractivity contribution in [3.63, 3.8) is 0 Å². The molecule has 10 atom stereocenters. The van der Waals surface area contributed by atoms with Gasteiger partial charge in [-0.1, -0.05) is 0 Å². The summed E-state index contributed by atoms with van der Waals surface area (Å²) in [7, 11) is 0. The van der Waals surface area contributed by atoms with E-state index in [-0.39, 0.29) is 11.1 Å². The van der Waals surface area contributed by atoms with E-state index in [1.165, 1.54) is 6.07 Å². The third kappa shape index (κ3) is 5.61. The standard InChI is InChI=1S/C27H30O17/c28-6-14-17(34)19(36)21(38)26(41-14)43-24-15(7-29)42-27(22(39)20(24)37)44-25-18(35)16-12(33)4-9(30)5-13(16)40-23(25)8-1-2-10(31)11(32)3-8/h1-5,14-15,17,19-22,24,26-34,36-39H,6-7H2/t14?,15?,17-,19?,20?,21+,22?,24-,26-,27-/m0/s1. The fraction of sp³-hybridized carbons (Fsp3) is 0.444. The molecule has 2 aliphatic rings. The molecule has 44 heavy (non-hydrogen) atoms. The lowest BCUT2D eigenvalue weighted by atomic mass is 9.97.